The average Bonchev–Trinajstić information content (AvgIpc) is 2.65. The predicted molar refractivity (Wildman–Crippen MR) is 67.2 cm³/mol. The zero-order valence-electron chi connectivity index (χ0n) is 8.94. The summed E-state index contributed by atoms with van der Waals surface area (Å²) in [6, 6.07) is 4.26. The van der Waals surface area contributed by atoms with Gasteiger partial charge < -0.3 is 11.1 Å². The first-order valence-corrected chi connectivity index (χ1v) is 6.59. The van der Waals surface area contributed by atoms with Gasteiger partial charge >= 0.3 is 0 Å². The molecule has 2 rings (SSSR count). The summed E-state index contributed by atoms with van der Waals surface area (Å²) >= 11 is 1.94. The van der Waals surface area contributed by atoms with Crippen LogP contribution in [0.25, 0.3) is 0 Å². The Morgan fingerprint density at radius 2 is 2.40 bits per heavy atom. The third kappa shape index (κ3) is 2.56. The zero-order chi connectivity index (χ0) is 10.7. The Bertz CT molecular complexity index is 329. The van der Waals surface area contributed by atoms with E-state index in [2.05, 4.69) is 16.6 Å². The maximum Gasteiger partial charge on any atom is 0.128 e. The van der Waals surface area contributed by atoms with Crippen molar-refractivity contribution >= 4 is 23.3 Å². The van der Waals surface area contributed by atoms with Crippen LogP contribution in [-0.2, 0) is 0 Å². The third-order valence-electron chi connectivity index (χ3n) is 2.87. The highest BCUT2D eigenvalue weighted by Gasteiger charge is 2.26. The van der Waals surface area contributed by atoms with Crippen LogP contribution in [0.4, 0.5) is 11.5 Å². The standard InChI is InChI=1S/C11H17N3S/c1-15-10-4-2-3-9(10)14-11-7-8(12)5-6-13-11/h5-7,9-10H,2-4H2,1H3,(H3,12,13,14). The maximum absolute atomic E-state index is 5.71. The van der Waals surface area contributed by atoms with Gasteiger partial charge in [0.25, 0.3) is 0 Å². The van der Waals surface area contributed by atoms with Crippen molar-refractivity contribution in [2.75, 3.05) is 17.3 Å². The molecule has 1 aliphatic carbocycles. The van der Waals surface area contributed by atoms with E-state index in [0.29, 0.717) is 11.3 Å². The van der Waals surface area contributed by atoms with E-state index in [1.54, 1.807) is 6.20 Å². The third-order valence-corrected chi connectivity index (χ3v) is 4.04. The van der Waals surface area contributed by atoms with Gasteiger partial charge in [0.05, 0.1) is 0 Å². The highest BCUT2D eigenvalue weighted by molar-refractivity contribution is 7.99. The Morgan fingerprint density at radius 3 is 3.13 bits per heavy atom. The molecule has 0 radical (unpaired) electrons. The molecule has 0 aliphatic heterocycles. The van der Waals surface area contributed by atoms with E-state index in [9.17, 15) is 0 Å². The number of anilines is 2. The van der Waals surface area contributed by atoms with E-state index in [1.165, 1.54) is 19.3 Å². The highest BCUT2D eigenvalue weighted by atomic mass is 32.2. The van der Waals surface area contributed by atoms with Gasteiger partial charge in [-0.15, -0.1) is 0 Å². The Labute approximate surface area is 94.8 Å². The number of nitrogen functional groups attached to an aromatic ring is 1. The van der Waals surface area contributed by atoms with Gasteiger partial charge in [0.15, 0.2) is 0 Å². The second-order valence-corrected chi connectivity index (χ2v) is 5.01. The van der Waals surface area contributed by atoms with E-state index in [0.717, 1.165) is 11.5 Å². The van der Waals surface area contributed by atoms with E-state index in [1.807, 2.05) is 23.9 Å². The lowest BCUT2D eigenvalue weighted by atomic mass is 10.2. The molecule has 0 bridgehead atoms. The number of pyridine rings is 1. The van der Waals surface area contributed by atoms with Crippen molar-refractivity contribution in [3.8, 4) is 0 Å². The van der Waals surface area contributed by atoms with Crippen LogP contribution in [-0.4, -0.2) is 22.5 Å². The van der Waals surface area contributed by atoms with Crippen molar-refractivity contribution < 1.29 is 0 Å². The van der Waals surface area contributed by atoms with Crippen LogP contribution in [0.1, 0.15) is 19.3 Å². The van der Waals surface area contributed by atoms with Gasteiger partial charge in [-0.2, -0.15) is 11.8 Å². The number of aromatic nitrogens is 1. The lowest BCUT2D eigenvalue weighted by Crippen LogP contribution is -2.26. The van der Waals surface area contributed by atoms with E-state index < -0.39 is 0 Å². The Hall–Kier alpha value is -0.900. The highest BCUT2D eigenvalue weighted by Crippen LogP contribution is 2.30. The van der Waals surface area contributed by atoms with Crippen LogP contribution in [0.15, 0.2) is 18.3 Å². The van der Waals surface area contributed by atoms with Crippen molar-refractivity contribution in [1.82, 2.24) is 4.98 Å². The summed E-state index contributed by atoms with van der Waals surface area (Å²) < 4.78 is 0. The minimum Gasteiger partial charge on any atom is -0.399 e. The smallest absolute Gasteiger partial charge is 0.128 e. The number of nitrogens with two attached hydrogens (primary N) is 1. The predicted octanol–water partition coefficient (Wildman–Crippen LogP) is 2.36. The summed E-state index contributed by atoms with van der Waals surface area (Å²) in [5.41, 5.74) is 6.48. The summed E-state index contributed by atoms with van der Waals surface area (Å²) in [5, 5.41) is 4.19. The number of thioether (sulfide) groups is 1. The van der Waals surface area contributed by atoms with Gasteiger partial charge in [0.1, 0.15) is 5.82 Å². The van der Waals surface area contributed by atoms with Crippen molar-refractivity contribution in [2.45, 2.75) is 30.6 Å². The Kier molecular flexibility index (Phi) is 3.36. The van der Waals surface area contributed by atoms with Gasteiger partial charge in [0, 0.05) is 29.2 Å². The van der Waals surface area contributed by atoms with Gasteiger partial charge in [-0.05, 0) is 25.2 Å². The van der Waals surface area contributed by atoms with Crippen LogP contribution in [0.2, 0.25) is 0 Å². The normalized spacial score (nSPS) is 25.4. The van der Waals surface area contributed by atoms with Gasteiger partial charge in [0.2, 0.25) is 0 Å². The number of rotatable bonds is 3. The van der Waals surface area contributed by atoms with Crippen LogP contribution < -0.4 is 11.1 Å². The molecule has 1 aliphatic rings. The van der Waals surface area contributed by atoms with E-state index in [4.69, 9.17) is 5.73 Å². The molecule has 3 nitrogen and oxygen atoms in total. The largest absolute Gasteiger partial charge is 0.399 e. The van der Waals surface area contributed by atoms with Crippen LogP contribution >= 0.6 is 11.8 Å². The second-order valence-electron chi connectivity index (χ2n) is 3.93. The molecule has 0 amide bonds. The van der Waals surface area contributed by atoms with Crippen LogP contribution in [0.5, 0.6) is 0 Å². The van der Waals surface area contributed by atoms with Crippen molar-refractivity contribution in [2.24, 2.45) is 0 Å². The molecule has 2 atom stereocenters. The monoisotopic (exact) mass is 223 g/mol. The zero-order valence-corrected chi connectivity index (χ0v) is 9.76. The molecule has 3 N–H and O–H groups in total. The van der Waals surface area contributed by atoms with Gasteiger partial charge in [-0.1, -0.05) is 6.42 Å². The fourth-order valence-corrected chi connectivity index (χ4v) is 3.02. The molecule has 82 valence electrons. The lowest BCUT2D eigenvalue weighted by Gasteiger charge is -2.19. The second kappa shape index (κ2) is 4.75. The summed E-state index contributed by atoms with van der Waals surface area (Å²) in [7, 11) is 0. The summed E-state index contributed by atoms with van der Waals surface area (Å²) in [5.74, 6) is 0.904. The molecule has 2 unspecified atom stereocenters. The molecule has 1 aromatic heterocycles. The molecule has 0 saturated heterocycles. The topological polar surface area (TPSA) is 50.9 Å². The molecular weight excluding hydrogens is 206 g/mol. The number of nitrogens with one attached hydrogen (secondary N) is 1. The SMILES string of the molecule is CSC1CCCC1Nc1cc(N)ccn1. The van der Waals surface area contributed by atoms with E-state index >= 15 is 0 Å². The molecule has 1 aromatic rings. The van der Waals surface area contributed by atoms with Crippen LogP contribution in [0.3, 0.4) is 0 Å². The molecular formula is C11H17N3S. The van der Waals surface area contributed by atoms with Gasteiger partial charge in [-0.25, -0.2) is 4.98 Å². The molecule has 1 saturated carbocycles. The molecule has 4 heteroatoms. The molecule has 1 heterocycles. The number of nitrogens with zero attached hydrogens (tertiary/aromatic N) is 1. The van der Waals surface area contributed by atoms with Crippen molar-refractivity contribution in [1.29, 1.82) is 0 Å². The minimum absolute atomic E-state index is 0.550. The maximum atomic E-state index is 5.71. The summed E-state index contributed by atoms with van der Waals surface area (Å²) in [6.45, 7) is 0. The first-order valence-electron chi connectivity index (χ1n) is 5.30. The fourth-order valence-electron chi connectivity index (χ4n) is 2.09. The Morgan fingerprint density at radius 1 is 1.53 bits per heavy atom. The summed E-state index contributed by atoms with van der Waals surface area (Å²) in [6.07, 6.45) is 7.78. The molecule has 15 heavy (non-hydrogen) atoms. The summed E-state index contributed by atoms with van der Waals surface area (Å²) in [4.78, 5) is 4.27. The number of hydrogen-bond donors (Lipinski definition) is 2. The first kappa shape index (κ1) is 10.6. The molecule has 1 fully saturated rings. The van der Waals surface area contributed by atoms with Crippen molar-refractivity contribution in [3.63, 3.8) is 0 Å². The fraction of sp³-hybridized carbons (Fsp3) is 0.545. The van der Waals surface area contributed by atoms with Gasteiger partial charge in [-0.3, -0.25) is 0 Å². The molecule has 0 spiro atoms. The van der Waals surface area contributed by atoms with Crippen molar-refractivity contribution in [3.05, 3.63) is 18.3 Å². The minimum atomic E-state index is 0.550. The van der Waals surface area contributed by atoms with Crippen LogP contribution in [0, 0.1) is 0 Å². The van der Waals surface area contributed by atoms with E-state index in [-0.39, 0.29) is 0 Å². The number of hydrogen-bond acceptors (Lipinski definition) is 4. The average molecular weight is 223 g/mol. The molecule has 0 aromatic carbocycles. The quantitative estimate of drug-likeness (QED) is 0.826. The lowest BCUT2D eigenvalue weighted by molar-refractivity contribution is 0.763. The first-order chi connectivity index (χ1) is 7.29. The Balaban J connectivity index is 2.02.